The highest BCUT2D eigenvalue weighted by atomic mass is 15.1. The summed E-state index contributed by atoms with van der Waals surface area (Å²) in [6.45, 7) is 3.05. The Labute approximate surface area is 261 Å². The molecule has 0 unspecified atom stereocenters. The summed E-state index contributed by atoms with van der Waals surface area (Å²) in [5.41, 5.74) is 8.83. The number of aromatic nitrogens is 3. The fourth-order valence-corrected chi connectivity index (χ4v) is 7.03. The van der Waals surface area contributed by atoms with Gasteiger partial charge in [0.05, 0.1) is 22.2 Å². The van der Waals surface area contributed by atoms with Gasteiger partial charge >= 0.3 is 0 Å². The van der Waals surface area contributed by atoms with E-state index in [-0.39, 0.29) is 0 Å². The predicted molar refractivity (Wildman–Crippen MR) is 190 cm³/mol. The standard InChI is InChI=1S/C42H29N3/c1-2-45-39-18-10-9-17-38(39)44-42(45)29-22-20-28(21-23-29)35-26-36-40(33-14-6-5-13-32(33)35)34-15-7-8-16-37(34)43-41(36)31-24-19-27-11-3-4-12-30(27)25-31/h3-26H,2H2,1H3. The molecular formula is C42H29N3. The first-order chi connectivity index (χ1) is 22.3. The molecule has 0 radical (unpaired) electrons. The Morgan fingerprint density at radius 1 is 0.489 bits per heavy atom. The van der Waals surface area contributed by atoms with Gasteiger partial charge in [0.15, 0.2) is 0 Å². The molecule has 2 heterocycles. The van der Waals surface area contributed by atoms with E-state index in [4.69, 9.17) is 9.97 Å². The molecule has 0 bridgehead atoms. The van der Waals surface area contributed by atoms with Crippen molar-refractivity contribution in [1.29, 1.82) is 0 Å². The number of para-hydroxylation sites is 3. The van der Waals surface area contributed by atoms with E-state index in [9.17, 15) is 0 Å². The number of hydrogen-bond acceptors (Lipinski definition) is 2. The van der Waals surface area contributed by atoms with Crippen LogP contribution in [0.5, 0.6) is 0 Å². The Balaban J connectivity index is 1.29. The molecule has 0 N–H and O–H groups in total. The second-order valence-electron chi connectivity index (χ2n) is 11.7. The normalized spacial score (nSPS) is 11.8. The molecule has 3 heteroatoms. The SMILES string of the molecule is CCn1c(-c2ccc(-c3cc4c(-c5ccc6ccccc6c5)nc5ccccc5c4c4ccccc34)cc2)nc2ccccc21. The molecule has 0 fully saturated rings. The van der Waals surface area contributed by atoms with E-state index in [1.165, 1.54) is 49.0 Å². The Morgan fingerprint density at radius 2 is 1.13 bits per heavy atom. The summed E-state index contributed by atoms with van der Waals surface area (Å²) < 4.78 is 2.29. The summed E-state index contributed by atoms with van der Waals surface area (Å²) in [5.74, 6) is 1.00. The molecule has 0 saturated heterocycles. The molecule has 45 heavy (non-hydrogen) atoms. The molecule has 9 aromatic rings. The van der Waals surface area contributed by atoms with Gasteiger partial charge in [-0.3, -0.25) is 0 Å². The topological polar surface area (TPSA) is 30.7 Å². The lowest BCUT2D eigenvalue weighted by Crippen LogP contribution is -1.97. The van der Waals surface area contributed by atoms with Crippen molar-refractivity contribution in [1.82, 2.24) is 14.5 Å². The molecule has 0 aliphatic rings. The first kappa shape index (κ1) is 25.7. The van der Waals surface area contributed by atoms with E-state index in [0.717, 1.165) is 45.6 Å². The van der Waals surface area contributed by atoms with E-state index in [1.54, 1.807) is 0 Å². The molecule has 3 nitrogen and oxygen atoms in total. The van der Waals surface area contributed by atoms with Crippen molar-refractivity contribution in [3.05, 3.63) is 146 Å². The molecule has 212 valence electrons. The van der Waals surface area contributed by atoms with Crippen LogP contribution in [-0.2, 0) is 6.54 Å². The Kier molecular flexibility index (Phi) is 5.79. The van der Waals surface area contributed by atoms with Crippen LogP contribution < -0.4 is 0 Å². The van der Waals surface area contributed by atoms with Gasteiger partial charge in [-0.1, -0.05) is 115 Å². The largest absolute Gasteiger partial charge is 0.324 e. The lowest BCUT2D eigenvalue weighted by Gasteiger charge is -2.16. The third-order valence-electron chi connectivity index (χ3n) is 9.15. The van der Waals surface area contributed by atoms with Crippen molar-refractivity contribution in [2.45, 2.75) is 13.5 Å². The fourth-order valence-electron chi connectivity index (χ4n) is 7.03. The van der Waals surface area contributed by atoms with Crippen LogP contribution >= 0.6 is 0 Å². The molecular weight excluding hydrogens is 546 g/mol. The third-order valence-corrected chi connectivity index (χ3v) is 9.15. The first-order valence-electron chi connectivity index (χ1n) is 15.6. The van der Waals surface area contributed by atoms with Gasteiger partial charge in [-0.05, 0) is 69.9 Å². The lowest BCUT2D eigenvalue weighted by atomic mass is 9.89. The Morgan fingerprint density at radius 3 is 1.96 bits per heavy atom. The highest BCUT2D eigenvalue weighted by Crippen LogP contribution is 2.42. The fraction of sp³-hybridized carbons (Fsp3) is 0.0476. The van der Waals surface area contributed by atoms with Crippen molar-refractivity contribution >= 4 is 54.3 Å². The molecule has 0 atom stereocenters. The number of aryl methyl sites for hydroxylation is 1. The lowest BCUT2D eigenvalue weighted by molar-refractivity contribution is 0.796. The van der Waals surface area contributed by atoms with Gasteiger partial charge in [-0.15, -0.1) is 0 Å². The second-order valence-corrected chi connectivity index (χ2v) is 11.7. The highest BCUT2D eigenvalue weighted by Gasteiger charge is 2.17. The van der Waals surface area contributed by atoms with Gasteiger partial charge < -0.3 is 4.57 Å². The van der Waals surface area contributed by atoms with Crippen LogP contribution in [0.3, 0.4) is 0 Å². The maximum absolute atomic E-state index is 5.30. The zero-order valence-electron chi connectivity index (χ0n) is 24.9. The van der Waals surface area contributed by atoms with Crippen molar-refractivity contribution < 1.29 is 0 Å². The van der Waals surface area contributed by atoms with E-state index >= 15 is 0 Å². The summed E-state index contributed by atoms with van der Waals surface area (Å²) in [7, 11) is 0. The number of rotatable bonds is 4. The molecule has 0 aliphatic heterocycles. The summed E-state index contributed by atoms with van der Waals surface area (Å²) >= 11 is 0. The van der Waals surface area contributed by atoms with Crippen molar-refractivity contribution in [2.75, 3.05) is 0 Å². The number of benzene rings is 7. The monoisotopic (exact) mass is 575 g/mol. The summed E-state index contributed by atoms with van der Waals surface area (Å²) in [4.78, 5) is 10.3. The predicted octanol–water partition coefficient (Wildman–Crippen LogP) is 11.1. The van der Waals surface area contributed by atoms with Crippen LogP contribution in [0, 0.1) is 0 Å². The molecule has 9 rings (SSSR count). The zero-order valence-corrected chi connectivity index (χ0v) is 24.9. The number of imidazole rings is 1. The number of pyridine rings is 1. The van der Waals surface area contributed by atoms with Gasteiger partial charge in [0.2, 0.25) is 0 Å². The molecule has 0 aliphatic carbocycles. The van der Waals surface area contributed by atoms with Gasteiger partial charge in [-0.25, -0.2) is 9.97 Å². The van der Waals surface area contributed by atoms with Crippen LogP contribution in [0.2, 0.25) is 0 Å². The number of fused-ring (bicyclic) bond motifs is 7. The third kappa shape index (κ3) is 4.05. The molecule has 2 aromatic heterocycles. The Bertz CT molecular complexity index is 2570. The number of hydrogen-bond donors (Lipinski definition) is 0. The van der Waals surface area contributed by atoms with Crippen LogP contribution in [-0.4, -0.2) is 14.5 Å². The van der Waals surface area contributed by atoms with Gasteiger partial charge in [0.1, 0.15) is 5.82 Å². The van der Waals surface area contributed by atoms with Gasteiger partial charge in [0.25, 0.3) is 0 Å². The molecule has 0 amide bonds. The average molecular weight is 576 g/mol. The van der Waals surface area contributed by atoms with Crippen LogP contribution in [0.1, 0.15) is 6.92 Å². The van der Waals surface area contributed by atoms with Crippen LogP contribution in [0.25, 0.3) is 88.0 Å². The maximum Gasteiger partial charge on any atom is 0.141 e. The molecule has 7 aromatic carbocycles. The minimum Gasteiger partial charge on any atom is -0.324 e. The quantitative estimate of drug-likeness (QED) is 0.195. The van der Waals surface area contributed by atoms with Crippen LogP contribution in [0.4, 0.5) is 0 Å². The maximum atomic E-state index is 5.30. The first-order valence-corrected chi connectivity index (χ1v) is 15.6. The zero-order chi connectivity index (χ0) is 29.9. The summed E-state index contributed by atoms with van der Waals surface area (Å²) in [6.07, 6.45) is 0. The van der Waals surface area contributed by atoms with Gasteiger partial charge in [0, 0.05) is 33.8 Å². The van der Waals surface area contributed by atoms with E-state index < -0.39 is 0 Å². The van der Waals surface area contributed by atoms with E-state index in [0.29, 0.717) is 0 Å². The van der Waals surface area contributed by atoms with E-state index in [1.807, 2.05) is 0 Å². The van der Waals surface area contributed by atoms with Crippen molar-refractivity contribution in [3.63, 3.8) is 0 Å². The second kappa shape index (κ2) is 10.1. The molecule has 0 spiro atoms. The smallest absolute Gasteiger partial charge is 0.141 e. The summed E-state index contributed by atoms with van der Waals surface area (Å²) in [6, 6.07) is 52.2. The van der Waals surface area contributed by atoms with Crippen LogP contribution in [0.15, 0.2) is 146 Å². The Hall–Kier alpha value is -5.80. The minimum absolute atomic E-state index is 0.866. The highest BCUT2D eigenvalue weighted by molar-refractivity contribution is 6.25. The summed E-state index contributed by atoms with van der Waals surface area (Å²) in [5, 5.41) is 8.50. The van der Waals surface area contributed by atoms with Crippen molar-refractivity contribution in [2.24, 2.45) is 0 Å². The molecule has 0 saturated carbocycles. The number of nitrogens with zero attached hydrogens (tertiary/aromatic N) is 3. The average Bonchev–Trinajstić information content (AvgIpc) is 3.49. The van der Waals surface area contributed by atoms with Crippen molar-refractivity contribution in [3.8, 4) is 33.8 Å². The van der Waals surface area contributed by atoms with Gasteiger partial charge in [-0.2, -0.15) is 0 Å². The minimum atomic E-state index is 0.866. The van der Waals surface area contributed by atoms with E-state index in [2.05, 4.69) is 157 Å².